The molecule has 0 unspecified atom stereocenters. The van der Waals surface area contributed by atoms with Gasteiger partial charge in [0.25, 0.3) is 0 Å². The number of imidazole rings is 1. The third-order valence-electron chi connectivity index (χ3n) is 3.15. The van der Waals surface area contributed by atoms with Crippen LogP contribution in [-0.2, 0) is 13.0 Å². The Bertz CT molecular complexity index is 558. The van der Waals surface area contributed by atoms with Crippen molar-refractivity contribution in [1.82, 2.24) is 14.9 Å². The number of H-pyrrole nitrogens is 1. The number of hydrogen-bond donors (Lipinski definition) is 1. The molecule has 0 atom stereocenters. The third kappa shape index (κ3) is 3.32. The van der Waals surface area contributed by atoms with E-state index in [1.165, 1.54) is 5.56 Å². The van der Waals surface area contributed by atoms with Gasteiger partial charge in [0.1, 0.15) is 5.82 Å². The Labute approximate surface area is 114 Å². The van der Waals surface area contributed by atoms with Gasteiger partial charge in [-0.1, -0.05) is 25.1 Å². The molecule has 1 aromatic heterocycles. The largest absolute Gasteiger partial charge is 0.341 e. The minimum absolute atomic E-state index is 0.786. The van der Waals surface area contributed by atoms with Gasteiger partial charge in [-0.3, -0.25) is 4.90 Å². The normalized spacial score (nSPS) is 11.1. The van der Waals surface area contributed by atoms with Crippen LogP contribution in [0, 0.1) is 0 Å². The molecule has 0 spiro atoms. The Morgan fingerprint density at radius 2 is 2.00 bits per heavy atom. The highest BCUT2D eigenvalue weighted by Gasteiger charge is 2.07. The zero-order valence-electron chi connectivity index (χ0n) is 11.5. The maximum Gasteiger partial charge on any atom is 0.121 e. The van der Waals surface area contributed by atoms with Gasteiger partial charge in [-0.15, -0.1) is 13.2 Å². The number of aryl methyl sites for hydroxylation is 1. The van der Waals surface area contributed by atoms with Crippen LogP contribution in [0.2, 0.25) is 0 Å². The van der Waals surface area contributed by atoms with Gasteiger partial charge in [0.05, 0.1) is 17.6 Å². The third-order valence-corrected chi connectivity index (χ3v) is 3.15. The summed E-state index contributed by atoms with van der Waals surface area (Å²) in [6, 6.07) is 6.40. The van der Waals surface area contributed by atoms with Gasteiger partial charge in [0.15, 0.2) is 0 Å². The first-order valence-electron chi connectivity index (χ1n) is 6.68. The first kappa shape index (κ1) is 13.6. The lowest BCUT2D eigenvalue weighted by Crippen LogP contribution is -2.23. The number of aromatic nitrogens is 2. The highest BCUT2D eigenvalue weighted by Crippen LogP contribution is 2.15. The highest BCUT2D eigenvalue weighted by atomic mass is 15.1. The molecule has 0 aliphatic rings. The van der Waals surface area contributed by atoms with E-state index in [1.807, 2.05) is 12.2 Å². The number of aromatic amines is 1. The molecule has 1 heterocycles. The predicted octanol–water partition coefficient (Wildman–Crippen LogP) is 3.30. The first-order chi connectivity index (χ1) is 9.26. The molecule has 3 nitrogen and oxygen atoms in total. The number of nitrogens with zero attached hydrogens (tertiary/aromatic N) is 2. The van der Waals surface area contributed by atoms with E-state index in [9.17, 15) is 0 Å². The fraction of sp³-hybridized carbons (Fsp3) is 0.312. The molecule has 3 heteroatoms. The smallest absolute Gasteiger partial charge is 0.121 e. The van der Waals surface area contributed by atoms with Crippen molar-refractivity contribution in [2.45, 2.75) is 19.9 Å². The lowest BCUT2D eigenvalue weighted by molar-refractivity contribution is 0.320. The van der Waals surface area contributed by atoms with Gasteiger partial charge < -0.3 is 4.98 Å². The lowest BCUT2D eigenvalue weighted by Gasteiger charge is -2.16. The van der Waals surface area contributed by atoms with Crippen molar-refractivity contribution in [3.05, 3.63) is 54.9 Å². The van der Waals surface area contributed by atoms with Gasteiger partial charge in [-0.25, -0.2) is 4.98 Å². The Morgan fingerprint density at radius 1 is 1.26 bits per heavy atom. The molecular weight excluding hydrogens is 234 g/mol. The maximum atomic E-state index is 4.63. The second-order valence-electron chi connectivity index (χ2n) is 4.66. The molecule has 0 saturated heterocycles. The van der Waals surface area contributed by atoms with Crippen LogP contribution in [0.5, 0.6) is 0 Å². The lowest BCUT2D eigenvalue weighted by atomic mass is 10.1. The summed E-state index contributed by atoms with van der Waals surface area (Å²) >= 11 is 0. The van der Waals surface area contributed by atoms with E-state index >= 15 is 0 Å². The minimum atomic E-state index is 0.786. The average molecular weight is 255 g/mol. The van der Waals surface area contributed by atoms with E-state index in [1.54, 1.807) is 0 Å². The van der Waals surface area contributed by atoms with Gasteiger partial charge in [-0.05, 0) is 24.1 Å². The van der Waals surface area contributed by atoms with Gasteiger partial charge in [0, 0.05) is 13.1 Å². The van der Waals surface area contributed by atoms with Crippen LogP contribution in [0.3, 0.4) is 0 Å². The molecular formula is C16H21N3. The summed E-state index contributed by atoms with van der Waals surface area (Å²) < 4.78 is 0. The van der Waals surface area contributed by atoms with E-state index in [4.69, 9.17) is 0 Å². The molecule has 19 heavy (non-hydrogen) atoms. The van der Waals surface area contributed by atoms with Crippen LogP contribution in [0.1, 0.15) is 18.3 Å². The van der Waals surface area contributed by atoms with Crippen LogP contribution < -0.4 is 0 Å². The van der Waals surface area contributed by atoms with E-state index in [-0.39, 0.29) is 0 Å². The second-order valence-corrected chi connectivity index (χ2v) is 4.66. The number of hydrogen-bond acceptors (Lipinski definition) is 2. The van der Waals surface area contributed by atoms with Crippen molar-refractivity contribution in [2.75, 3.05) is 13.1 Å². The van der Waals surface area contributed by atoms with E-state index in [0.717, 1.165) is 42.9 Å². The fourth-order valence-electron chi connectivity index (χ4n) is 2.18. The Kier molecular flexibility index (Phi) is 4.53. The quantitative estimate of drug-likeness (QED) is 0.770. The summed E-state index contributed by atoms with van der Waals surface area (Å²) in [4.78, 5) is 10.3. The number of nitrogens with one attached hydrogen (secondary N) is 1. The van der Waals surface area contributed by atoms with Gasteiger partial charge >= 0.3 is 0 Å². The molecule has 0 fully saturated rings. The number of fused-ring (bicyclic) bond motifs is 1. The molecule has 1 N–H and O–H groups in total. The van der Waals surface area contributed by atoms with Crippen LogP contribution in [0.25, 0.3) is 11.0 Å². The second kappa shape index (κ2) is 6.34. The maximum absolute atomic E-state index is 4.63. The van der Waals surface area contributed by atoms with Crippen LogP contribution in [0.4, 0.5) is 0 Å². The Morgan fingerprint density at radius 3 is 2.63 bits per heavy atom. The van der Waals surface area contributed by atoms with Crippen molar-refractivity contribution in [3.63, 3.8) is 0 Å². The van der Waals surface area contributed by atoms with Gasteiger partial charge in [-0.2, -0.15) is 0 Å². The van der Waals surface area contributed by atoms with E-state index < -0.39 is 0 Å². The zero-order valence-corrected chi connectivity index (χ0v) is 11.5. The topological polar surface area (TPSA) is 31.9 Å². The molecule has 0 aliphatic carbocycles. The molecule has 0 aliphatic heterocycles. The van der Waals surface area contributed by atoms with E-state index in [0.29, 0.717) is 0 Å². The average Bonchev–Trinajstić information content (AvgIpc) is 2.80. The van der Waals surface area contributed by atoms with Crippen molar-refractivity contribution < 1.29 is 0 Å². The SMILES string of the molecule is C=CCN(CC=C)Cc1nc2ccc(CC)cc2[nH]1. The minimum Gasteiger partial charge on any atom is -0.341 e. The molecule has 0 saturated carbocycles. The highest BCUT2D eigenvalue weighted by molar-refractivity contribution is 5.75. The van der Waals surface area contributed by atoms with Crippen molar-refractivity contribution in [1.29, 1.82) is 0 Å². The number of rotatable bonds is 7. The summed E-state index contributed by atoms with van der Waals surface area (Å²) in [5.74, 6) is 0.993. The van der Waals surface area contributed by atoms with Crippen molar-refractivity contribution in [3.8, 4) is 0 Å². The molecule has 100 valence electrons. The van der Waals surface area contributed by atoms with Crippen LogP contribution in [-0.4, -0.2) is 28.0 Å². The fourth-order valence-corrected chi connectivity index (χ4v) is 2.18. The predicted molar refractivity (Wildman–Crippen MR) is 81.1 cm³/mol. The Hall–Kier alpha value is -1.87. The first-order valence-corrected chi connectivity index (χ1v) is 6.68. The zero-order chi connectivity index (χ0) is 13.7. The summed E-state index contributed by atoms with van der Waals surface area (Å²) in [6.45, 7) is 12.2. The van der Waals surface area contributed by atoms with Crippen molar-refractivity contribution in [2.24, 2.45) is 0 Å². The van der Waals surface area contributed by atoms with Crippen LogP contribution in [0.15, 0.2) is 43.5 Å². The Balaban J connectivity index is 2.19. The van der Waals surface area contributed by atoms with Gasteiger partial charge in [0.2, 0.25) is 0 Å². The monoisotopic (exact) mass is 255 g/mol. The molecule has 0 bridgehead atoms. The molecule has 2 rings (SSSR count). The standard InChI is InChI=1S/C16H21N3/c1-4-9-19(10-5-2)12-16-17-14-8-7-13(6-3)11-15(14)18-16/h4-5,7-8,11H,1-2,6,9-10,12H2,3H3,(H,17,18). The molecule has 0 radical (unpaired) electrons. The summed E-state index contributed by atoms with van der Waals surface area (Å²) in [7, 11) is 0. The summed E-state index contributed by atoms with van der Waals surface area (Å²) in [5.41, 5.74) is 3.48. The molecule has 0 amide bonds. The van der Waals surface area contributed by atoms with Crippen LogP contribution >= 0.6 is 0 Å². The van der Waals surface area contributed by atoms with E-state index in [2.05, 4.69) is 53.1 Å². The summed E-state index contributed by atoms with van der Waals surface area (Å²) in [6.07, 6.45) is 4.85. The molecule has 1 aromatic carbocycles. The van der Waals surface area contributed by atoms with Crippen molar-refractivity contribution >= 4 is 11.0 Å². The summed E-state index contributed by atoms with van der Waals surface area (Å²) in [5, 5.41) is 0. The molecule has 2 aromatic rings. The number of benzene rings is 1.